The highest BCUT2D eigenvalue weighted by atomic mass is 32.1. The molecular formula is C33H37N5OS. The average Bonchev–Trinajstić information content (AvgIpc) is 3.48. The van der Waals surface area contributed by atoms with E-state index in [-0.39, 0.29) is 12.1 Å². The van der Waals surface area contributed by atoms with Gasteiger partial charge in [-0.05, 0) is 98.6 Å². The van der Waals surface area contributed by atoms with Gasteiger partial charge in [0.25, 0.3) is 0 Å². The number of anilines is 2. The Morgan fingerprint density at radius 1 is 0.950 bits per heavy atom. The van der Waals surface area contributed by atoms with Gasteiger partial charge < -0.3 is 24.4 Å². The van der Waals surface area contributed by atoms with Crippen molar-refractivity contribution in [1.82, 2.24) is 14.9 Å². The third-order valence-electron chi connectivity index (χ3n) is 8.32. The summed E-state index contributed by atoms with van der Waals surface area (Å²) in [5.41, 5.74) is 10.9. The van der Waals surface area contributed by atoms with Gasteiger partial charge in [-0.25, -0.2) is 0 Å². The zero-order chi connectivity index (χ0) is 27.8. The number of para-hydroxylation sites is 1. The van der Waals surface area contributed by atoms with Gasteiger partial charge in [0.05, 0.1) is 36.7 Å². The number of morpholine rings is 1. The molecule has 1 N–H and O–H groups in total. The van der Waals surface area contributed by atoms with Crippen LogP contribution in [-0.4, -0.2) is 41.0 Å². The van der Waals surface area contributed by atoms with Gasteiger partial charge in [-0.3, -0.25) is 4.98 Å². The lowest BCUT2D eigenvalue weighted by Gasteiger charge is -2.31. The number of benzene rings is 2. The fraction of sp³-hybridized carbons (Fsp3) is 0.333. The zero-order valence-electron chi connectivity index (χ0n) is 23.7. The van der Waals surface area contributed by atoms with Gasteiger partial charge in [0.1, 0.15) is 0 Å². The number of thiocarbonyl (C=S) groups is 1. The maximum atomic E-state index is 6.02. The quantitative estimate of drug-likeness (QED) is 0.281. The Bertz CT molecular complexity index is 1510. The van der Waals surface area contributed by atoms with E-state index in [9.17, 15) is 0 Å². The van der Waals surface area contributed by atoms with Gasteiger partial charge >= 0.3 is 0 Å². The third-order valence-corrected chi connectivity index (χ3v) is 8.63. The normalized spacial score (nSPS) is 19.2. The monoisotopic (exact) mass is 551 g/mol. The summed E-state index contributed by atoms with van der Waals surface area (Å²) in [6, 6.07) is 23.7. The van der Waals surface area contributed by atoms with Crippen molar-refractivity contribution in [2.45, 2.75) is 46.2 Å². The molecule has 0 amide bonds. The molecule has 2 unspecified atom stereocenters. The number of pyridine rings is 1. The minimum absolute atomic E-state index is 0.0503. The summed E-state index contributed by atoms with van der Waals surface area (Å²) < 4.78 is 7.98. The molecule has 6 nitrogen and oxygen atoms in total. The Hall–Kier alpha value is -3.68. The van der Waals surface area contributed by atoms with Gasteiger partial charge in [-0.15, -0.1) is 0 Å². The van der Waals surface area contributed by atoms with E-state index in [1.165, 1.54) is 39.5 Å². The SMILES string of the molecule is CCc1cccc(C)c1-n1c(C)cc(C2C(c3ccccn3)NC(=S)N2c2ccc(N3CCOCC3)cc2)c1C. The zero-order valence-corrected chi connectivity index (χ0v) is 24.5. The molecule has 206 valence electrons. The van der Waals surface area contributed by atoms with Crippen molar-refractivity contribution in [2.24, 2.45) is 0 Å². The number of aryl methyl sites for hydroxylation is 3. The Balaban J connectivity index is 1.46. The molecule has 0 saturated carbocycles. The minimum atomic E-state index is -0.0796. The first-order chi connectivity index (χ1) is 19.5. The number of ether oxygens (including phenoxy) is 1. The van der Waals surface area contributed by atoms with Gasteiger partial charge in [-0.2, -0.15) is 0 Å². The number of nitrogens with zero attached hydrogens (tertiary/aromatic N) is 4. The highest BCUT2D eigenvalue weighted by Gasteiger charge is 2.42. The number of hydrogen-bond acceptors (Lipinski definition) is 4. The molecule has 0 spiro atoms. The number of rotatable bonds is 6. The largest absolute Gasteiger partial charge is 0.378 e. The van der Waals surface area contributed by atoms with Crippen LogP contribution >= 0.6 is 12.2 Å². The summed E-state index contributed by atoms with van der Waals surface area (Å²) in [4.78, 5) is 9.42. The predicted octanol–water partition coefficient (Wildman–Crippen LogP) is 6.37. The van der Waals surface area contributed by atoms with Gasteiger partial charge in [-0.1, -0.05) is 31.2 Å². The number of nitrogens with one attached hydrogen (secondary N) is 1. The molecule has 4 heterocycles. The molecule has 2 atom stereocenters. The molecule has 2 saturated heterocycles. The fourth-order valence-electron chi connectivity index (χ4n) is 6.35. The third kappa shape index (κ3) is 4.67. The van der Waals surface area contributed by atoms with E-state index >= 15 is 0 Å². The van der Waals surface area contributed by atoms with Crippen molar-refractivity contribution < 1.29 is 4.74 Å². The van der Waals surface area contributed by atoms with Gasteiger partial charge in [0, 0.05) is 42.0 Å². The maximum absolute atomic E-state index is 6.02. The van der Waals surface area contributed by atoms with Crippen LogP contribution in [0.1, 0.15) is 52.8 Å². The van der Waals surface area contributed by atoms with E-state index < -0.39 is 0 Å². The van der Waals surface area contributed by atoms with E-state index in [0.717, 1.165) is 49.2 Å². The second kappa shape index (κ2) is 11.1. The molecule has 6 rings (SSSR count). The van der Waals surface area contributed by atoms with Crippen molar-refractivity contribution in [3.8, 4) is 5.69 Å². The molecule has 2 aliphatic heterocycles. The maximum Gasteiger partial charge on any atom is 0.174 e. The van der Waals surface area contributed by atoms with Crippen LogP contribution in [0, 0.1) is 20.8 Å². The van der Waals surface area contributed by atoms with Crippen molar-refractivity contribution in [2.75, 3.05) is 36.1 Å². The highest BCUT2D eigenvalue weighted by molar-refractivity contribution is 7.80. The van der Waals surface area contributed by atoms with Crippen LogP contribution in [0.4, 0.5) is 11.4 Å². The summed E-state index contributed by atoms with van der Waals surface area (Å²) in [6.45, 7) is 12.3. The van der Waals surface area contributed by atoms with Crippen LogP contribution in [0.15, 0.2) is 72.9 Å². The van der Waals surface area contributed by atoms with Crippen LogP contribution in [0.3, 0.4) is 0 Å². The Kier molecular flexibility index (Phi) is 7.34. The molecule has 2 fully saturated rings. The summed E-state index contributed by atoms with van der Waals surface area (Å²) in [6.07, 6.45) is 2.84. The number of hydrogen-bond donors (Lipinski definition) is 1. The second-order valence-corrected chi connectivity index (χ2v) is 11.1. The van der Waals surface area contributed by atoms with Gasteiger partial charge in [0.2, 0.25) is 0 Å². The molecule has 0 radical (unpaired) electrons. The molecule has 7 heteroatoms. The first-order valence-corrected chi connectivity index (χ1v) is 14.6. The van der Waals surface area contributed by atoms with E-state index in [2.05, 4.69) is 102 Å². The minimum Gasteiger partial charge on any atom is -0.378 e. The molecule has 40 heavy (non-hydrogen) atoms. The van der Waals surface area contributed by atoms with E-state index in [1.54, 1.807) is 0 Å². The van der Waals surface area contributed by atoms with E-state index in [0.29, 0.717) is 0 Å². The van der Waals surface area contributed by atoms with Crippen LogP contribution in [0.25, 0.3) is 5.69 Å². The van der Waals surface area contributed by atoms with Gasteiger partial charge in [0.15, 0.2) is 5.11 Å². The molecular weight excluding hydrogens is 514 g/mol. The predicted molar refractivity (Wildman–Crippen MR) is 167 cm³/mol. The lowest BCUT2D eigenvalue weighted by atomic mass is 9.96. The molecule has 0 bridgehead atoms. The van der Waals surface area contributed by atoms with Crippen molar-refractivity contribution >= 4 is 28.7 Å². The smallest absolute Gasteiger partial charge is 0.174 e. The van der Waals surface area contributed by atoms with E-state index in [1.807, 2.05) is 18.3 Å². The topological polar surface area (TPSA) is 45.6 Å². The van der Waals surface area contributed by atoms with Crippen LogP contribution in [-0.2, 0) is 11.2 Å². The first kappa shape index (κ1) is 26.5. The molecule has 4 aromatic rings. The van der Waals surface area contributed by atoms with Crippen LogP contribution < -0.4 is 15.1 Å². The Morgan fingerprint density at radius 2 is 1.70 bits per heavy atom. The molecule has 2 aromatic heterocycles. The van der Waals surface area contributed by atoms with Crippen molar-refractivity contribution in [1.29, 1.82) is 0 Å². The molecule has 2 aromatic carbocycles. The summed E-state index contributed by atoms with van der Waals surface area (Å²) >= 11 is 6.02. The van der Waals surface area contributed by atoms with Crippen LogP contribution in [0.2, 0.25) is 0 Å². The standard InChI is InChI=1S/C33H37N5OS/c1-5-25-10-8-9-22(2)31(25)37-23(3)21-28(24(37)4)32-30(29-11-6-7-16-34-29)35-33(40)38(32)27-14-12-26(13-15-27)36-17-19-39-20-18-36/h6-16,21,30,32H,5,17-20H2,1-4H3,(H,35,40). The number of aromatic nitrogens is 2. The van der Waals surface area contributed by atoms with Crippen molar-refractivity contribution in [3.05, 3.63) is 107 Å². The Morgan fingerprint density at radius 3 is 2.40 bits per heavy atom. The lowest BCUT2D eigenvalue weighted by molar-refractivity contribution is 0.122. The summed E-state index contributed by atoms with van der Waals surface area (Å²) in [7, 11) is 0. The molecule has 2 aliphatic rings. The fourth-order valence-corrected chi connectivity index (χ4v) is 6.70. The molecule has 0 aliphatic carbocycles. The average molecular weight is 552 g/mol. The summed E-state index contributed by atoms with van der Waals surface area (Å²) in [5, 5.41) is 4.35. The van der Waals surface area contributed by atoms with E-state index in [4.69, 9.17) is 21.9 Å². The lowest BCUT2D eigenvalue weighted by Crippen LogP contribution is -2.36. The summed E-state index contributed by atoms with van der Waals surface area (Å²) in [5.74, 6) is 0. The Labute approximate surface area is 242 Å². The van der Waals surface area contributed by atoms with Crippen molar-refractivity contribution in [3.63, 3.8) is 0 Å². The first-order valence-electron chi connectivity index (χ1n) is 14.2. The van der Waals surface area contributed by atoms with Crippen LogP contribution in [0.5, 0.6) is 0 Å². The highest BCUT2D eigenvalue weighted by Crippen LogP contribution is 2.44. The second-order valence-electron chi connectivity index (χ2n) is 10.7.